The van der Waals surface area contributed by atoms with Crippen LogP contribution in [0.15, 0.2) is 47.4 Å². The summed E-state index contributed by atoms with van der Waals surface area (Å²) in [7, 11) is 1.67. The number of aromatic carboxylic acids is 1. The Hall–Kier alpha value is -1.94. The first kappa shape index (κ1) is 14.5. The summed E-state index contributed by atoms with van der Waals surface area (Å²) in [5, 5.41) is 8.86. The Morgan fingerprint density at radius 1 is 1.20 bits per heavy atom. The Morgan fingerprint density at radius 2 is 1.90 bits per heavy atom. The average Bonchev–Trinajstić information content (AvgIpc) is 2.45. The van der Waals surface area contributed by atoms with Gasteiger partial charge in [0.25, 0.3) is 0 Å². The van der Waals surface area contributed by atoms with Crippen molar-refractivity contribution < 1.29 is 14.6 Å². The molecule has 0 aliphatic rings. The minimum atomic E-state index is -0.901. The number of methoxy groups -OCH3 is 1. The molecule has 0 saturated carbocycles. The molecule has 0 atom stereocenters. The van der Waals surface area contributed by atoms with E-state index in [1.807, 2.05) is 24.3 Å². The van der Waals surface area contributed by atoms with Gasteiger partial charge >= 0.3 is 5.97 Å². The van der Waals surface area contributed by atoms with Crippen LogP contribution in [0.2, 0.25) is 0 Å². The van der Waals surface area contributed by atoms with E-state index in [-0.39, 0.29) is 0 Å². The zero-order valence-corrected chi connectivity index (χ0v) is 12.2. The van der Waals surface area contributed by atoms with Crippen LogP contribution in [0.1, 0.15) is 21.5 Å². The van der Waals surface area contributed by atoms with Gasteiger partial charge in [-0.05, 0) is 37.3 Å². The molecule has 104 valence electrons. The number of rotatable bonds is 5. The van der Waals surface area contributed by atoms with Crippen molar-refractivity contribution in [3.63, 3.8) is 0 Å². The van der Waals surface area contributed by atoms with Gasteiger partial charge in [0.1, 0.15) is 5.75 Å². The lowest BCUT2D eigenvalue weighted by atomic mass is 10.1. The second kappa shape index (κ2) is 6.48. The quantitative estimate of drug-likeness (QED) is 0.845. The molecule has 4 heteroatoms. The zero-order valence-electron chi connectivity index (χ0n) is 11.4. The molecule has 20 heavy (non-hydrogen) atoms. The van der Waals surface area contributed by atoms with E-state index in [0.717, 1.165) is 22.0 Å². The van der Waals surface area contributed by atoms with E-state index < -0.39 is 5.97 Å². The van der Waals surface area contributed by atoms with Gasteiger partial charge in [0.15, 0.2) is 0 Å². The smallest absolute Gasteiger partial charge is 0.335 e. The fraction of sp³-hybridized carbons (Fsp3) is 0.188. The second-order valence-corrected chi connectivity index (χ2v) is 5.48. The number of hydrogen-bond donors (Lipinski definition) is 1. The van der Waals surface area contributed by atoms with Gasteiger partial charge in [-0.25, -0.2) is 4.79 Å². The van der Waals surface area contributed by atoms with Crippen LogP contribution in [0.25, 0.3) is 0 Å². The Kier molecular flexibility index (Phi) is 4.69. The van der Waals surface area contributed by atoms with E-state index in [0.29, 0.717) is 5.56 Å². The molecule has 2 aromatic rings. The zero-order chi connectivity index (χ0) is 14.5. The molecule has 2 aromatic carbocycles. The third kappa shape index (κ3) is 3.54. The van der Waals surface area contributed by atoms with Crippen molar-refractivity contribution in [3.8, 4) is 5.75 Å². The Labute approximate surface area is 122 Å². The van der Waals surface area contributed by atoms with Crippen molar-refractivity contribution in [2.24, 2.45) is 0 Å². The third-order valence-electron chi connectivity index (χ3n) is 2.93. The molecular formula is C16H16O3S. The van der Waals surface area contributed by atoms with Crippen LogP contribution in [0, 0.1) is 6.92 Å². The molecule has 0 unspecified atom stereocenters. The highest BCUT2D eigenvalue weighted by Crippen LogP contribution is 2.28. The van der Waals surface area contributed by atoms with E-state index in [2.05, 4.69) is 13.0 Å². The number of benzene rings is 2. The van der Waals surface area contributed by atoms with Gasteiger partial charge in [0.2, 0.25) is 0 Å². The van der Waals surface area contributed by atoms with Crippen molar-refractivity contribution in [1.29, 1.82) is 0 Å². The number of aryl methyl sites for hydroxylation is 1. The minimum Gasteiger partial charge on any atom is -0.496 e. The summed E-state index contributed by atoms with van der Waals surface area (Å²) in [6.07, 6.45) is 0. The summed E-state index contributed by atoms with van der Waals surface area (Å²) >= 11 is 1.66. The topological polar surface area (TPSA) is 46.5 Å². The first-order chi connectivity index (χ1) is 9.60. The van der Waals surface area contributed by atoms with Crippen molar-refractivity contribution in [3.05, 3.63) is 59.2 Å². The molecule has 0 aliphatic heterocycles. The minimum absolute atomic E-state index is 0.308. The maximum absolute atomic E-state index is 10.8. The number of carbonyl (C=O) groups is 1. The Morgan fingerprint density at radius 3 is 2.50 bits per heavy atom. The van der Waals surface area contributed by atoms with E-state index in [1.165, 1.54) is 5.56 Å². The molecule has 0 fully saturated rings. The fourth-order valence-corrected chi connectivity index (χ4v) is 2.75. The molecule has 0 saturated heterocycles. The predicted octanol–water partition coefficient (Wildman–Crippen LogP) is 3.99. The molecule has 0 aromatic heterocycles. The molecule has 2 rings (SSSR count). The highest BCUT2D eigenvalue weighted by atomic mass is 32.2. The Balaban J connectivity index is 2.08. The van der Waals surface area contributed by atoms with Gasteiger partial charge in [0, 0.05) is 16.2 Å². The van der Waals surface area contributed by atoms with Crippen molar-refractivity contribution in [2.45, 2.75) is 17.6 Å². The summed E-state index contributed by atoms with van der Waals surface area (Å²) < 4.78 is 5.35. The van der Waals surface area contributed by atoms with E-state index >= 15 is 0 Å². The highest BCUT2D eigenvalue weighted by molar-refractivity contribution is 7.98. The summed E-state index contributed by atoms with van der Waals surface area (Å²) in [5.41, 5.74) is 2.64. The first-order valence-corrected chi connectivity index (χ1v) is 7.18. The maximum atomic E-state index is 10.8. The molecular weight excluding hydrogens is 272 g/mol. The van der Waals surface area contributed by atoms with E-state index in [9.17, 15) is 4.79 Å². The highest BCUT2D eigenvalue weighted by Gasteiger charge is 2.05. The van der Waals surface area contributed by atoms with Gasteiger partial charge in [-0.1, -0.05) is 17.7 Å². The van der Waals surface area contributed by atoms with Gasteiger partial charge < -0.3 is 9.84 Å². The lowest BCUT2D eigenvalue weighted by Gasteiger charge is -2.09. The van der Waals surface area contributed by atoms with Crippen molar-refractivity contribution in [2.75, 3.05) is 7.11 Å². The van der Waals surface area contributed by atoms with Crippen LogP contribution in [0.3, 0.4) is 0 Å². The van der Waals surface area contributed by atoms with Crippen LogP contribution in [0.5, 0.6) is 5.75 Å². The average molecular weight is 288 g/mol. The molecule has 0 aliphatic carbocycles. The van der Waals surface area contributed by atoms with E-state index in [4.69, 9.17) is 9.84 Å². The van der Waals surface area contributed by atoms with Crippen molar-refractivity contribution >= 4 is 17.7 Å². The monoisotopic (exact) mass is 288 g/mol. The predicted molar refractivity (Wildman–Crippen MR) is 80.7 cm³/mol. The summed E-state index contributed by atoms with van der Waals surface area (Å²) in [5.74, 6) is 0.768. The lowest BCUT2D eigenvalue weighted by Crippen LogP contribution is -1.95. The summed E-state index contributed by atoms with van der Waals surface area (Å²) in [6, 6.07) is 13.0. The third-order valence-corrected chi connectivity index (χ3v) is 3.99. The number of ether oxygens (including phenoxy) is 1. The van der Waals surface area contributed by atoms with Gasteiger partial charge in [-0.2, -0.15) is 0 Å². The number of carboxylic acids is 1. The van der Waals surface area contributed by atoms with Crippen LogP contribution < -0.4 is 4.74 Å². The molecule has 0 radical (unpaired) electrons. The Bertz CT molecular complexity index is 606. The van der Waals surface area contributed by atoms with Crippen LogP contribution in [0.4, 0.5) is 0 Å². The molecule has 0 bridgehead atoms. The summed E-state index contributed by atoms with van der Waals surface area (Å²) in [6.45, 7) is 2.05. The summed E-state index contributed by atoms with van der Waals surface area (Å²) in [4.78, 5) is 11.8. The molecule has 0 heterocycles. The van der Waals surface area contributed by atoms with Crippen molar-refractivity contribution in [1.82, 2.24) is 0 Å². The fourth-order valence-electron chi connectivity index (χ4n) is 1.87. The molecule has 1 N–H and O–H groups in total. The van der Waals surface area contributed by atoms with Gasteiger partial charge in [-0.15, -0.1) is 11.8 Å². The van der Waals surface area contributed by atoms with Gasteiger partial charge in [-0.3, -0.25) is 0 Å². The second-order valence-electron chi connectivity index (χ2n) is 4.43. The largest absolute Gasteiger partial charge is 0.496 e. The SMILES string of the molecule is COc1ccc(C)cc1CSc1ccc(C(=O)O)cc1. The normalized spacial score (nSPS) is 10.3. The van der Waals surface area contributed by atoms with Crippen LogP contribution in [-0.4, -0.2) is 18.2 Å². The maximum Gasteiger partial charge on any atom is 0.335 e. The molecule has 3 nitrogen and oxygen atoms in total. The van der Waals surface area contributed by atoms with E-state index in [1.54, 1.807) is 31.0 Å². The lowest BCUT2D eigenvalue weighted by molar-refractivity contribution is 0.0697. The number of carboxylic acid groups (broad SMARTS) is 1. The van der Waals surface area contributed by atoms with Crippen LogP contribution >= 0.6 is 11.8 Å². The number of hydrogen-bond acceptors (Lipinski definition) is 3. The molecule has 0 spiro atoms. The van der Waals surface area contributed by atoms with Crippen LogP contribution in [-0.2, 0) is 5.75 Å². The van der Waals surface area contributed by atoms with Gasteiger partial charge in [0.05, 0.1) is 12.7 Å². The first-order valence-electron chi connectivity index (χ1n) is 6.20. The number of thioether (sulfide) groups is 1. The molecule has 0 amide bonds. The standard InChI is InChI=1S/C16H16O3S/c1-11-3-8-15(19-2)13(9-11)10-20-14-6-4-12(5-7-14)16(17)18/h3-9H,10H2,1-2H3,(H,17,18).